The summed E-state index contributed by atoms with van der Waals surface area (Å²) in [6, 6.07) is 7.56. The van der Waals surface area contributed by atoms with Crippen molar-refractivity contribution < 1.29 is 18.0 Å². The molecule has 0 spiro atoms. The van der Waals surface area contributed by atoms with Crippen molar-refractivity contribution in [3.8, 4) is 0 Å². The summed E-state index contributed by atoms with van der Waals surface area (Å²) >= 11 is 6.90. The summed E-state index contributed by atoms with van der Waals surface area (Å²) < 4.78 is 40.1. The number of hydrogen-bond acceptors (Lipinski definition) is 4. The lowest BCUT2D eigenvalue weighted by Crippen LogP contribution is -2.15. The van der Waals surface area contributed by atoms with Crippen molar-refractivity contribution in [3.05, 3.63) is 74.0 Å². The Labute approximate surface area is 170 Å². The number of hydrogen-bond donors (Lipinski definition) is 1. The number of rotatable bonds is 2. The molecule has 0 bridgehead atoms. The zero-order valence-corrected chi connectivity index (χ0v) is 16.2. The summed E-state index contributed by atoms with van der Waals surface area (Å²) in [5.74, 6) is -0.681. The van der Waals surface area contributed by atoms with E-state index < -0.39 is 17.6 Å². The molecule has 0 aliphatic carbocycles. The van der Waals surface area contributed by atoms with Crippen LogP contribution in [0.25, 0.3) is 15.9 Å². The molecule has 5 nitrogen and oxygen atoms in total. The molecule has 3 aromatic heterocycles. The van der Waals surface area contributed by atoms with Crippen molar-refractivity contribution >= 4 is 50.4 Å². The number of carbonyl (C=O) groups excluding carboxylic acids is 1. The SMILES string of the molecule is Cc1cccn2c(=O)c3cc(C(=O)Nc4cc(C(F)(F)F)ccc4Cl)sc3nc12. The van der Waals surface area contributed by atoms with Crippen LogP contribution in [-0.4, -0.2) is 15.3 Å². The van der Waals surface area contributed by atoms with Crippen LogP contribution in [0.4, 0.5) is 18.9 Å². The summed E-state index contributed by atoms with van der Waals surface area (Å²) in [5.41, 5.74) is -0.174. The molecule has 0 fully saturated rings. The van der Waals surface area contributed by atoms with Gasteiger partial charge in [0.2, 0.25) is 0 Å². The minimum atomic E-state index is -4.57. The van der Waals surface area contributed by atoms with E-state index in [1.807, 2.05) is 13.0 Å². The maximum absolute atomic E-state index is 12.9. The van der Waals surface area contributed by atoms with E-state index in [4.69, 9.17) is 11.6 Å². The number of thiophene rings is 1. The zero-order chi connectivity index (χ0) is 20.9. The Morgan fingerprint density at radius 3 is 2.72 bits per heavy atom. The Bertz CT molecular complexity index is 1340. The zero-order valence-electron chi connectivity index (χ0n) is 14.7. The maximum atomic E-state index is 12.9. The number of aryl methyl sites for hydroxylation is 1. The molecule has 0 saturated heterocycles. The summed E-state index contributed by atoms with van der Waals surface area (Å²) in [4.78, 5) is 30.2. The molecule has 4 aromatic rings. The highest BCUT2D eigenvalue weighted by atomic mass is 35.5. The molecule has 3 heterocycles. The van der Waals surface area contributed by atoms with Crippen molar-refractivity contribution in [3.63, 3.8) is 0 Å². The second-order valence-electron chi connectivity index (χ2n) is 6.28. The number of alkyl halides is 3. The van der Waals surface area contributed by atoms with Gasteiger partial charge < -0.3 is 5.32 Å². The molecule has 29 heavy (non-hydrogen) atoms. The van der Waals surface area contributed by atoms with Crippen LogP contribution in [0.15, 0.2) is 47.4 Å². The fourth-order valence-corrected chi connectivity index (χ4v) is 3.93. The van der Waals surface area contributed by atoms with Gasteiger partial charge in [-0.3, -0.25) is 14.0 Å². The Kier molecular flexibility index (Phi) is 4.59. The number of amides is 1. The first-order valence-corrected chi connectivity index (χ1v) is 9.44. The fourth-order valence-electron chi connectivity index (χ4n) is 2.85. The van der Waals surface area contributed by atoms with E-state index in [0.717, 1.165) is 35.1 Å². The van der Waals surface area contributed by atoms with Gasteiger partial charge in [-0.2, -0.15) is 13.2 Å². The van der Waals surface area contributed by atoms with Gasteiger partial charge in [0.15, 0.2) is 0 Å². The highest BCUT2D eigenvalue weighted by molar-refractivity contribution is 7.20. The number of fused-ring (bicyclic) bond motifs is 2. The van der Waals surface area contributed by atoms with Gasteiger partial charge in [-0.05, 0) is 42.8 Å². The largest absolute Gasteiger partial charge is 0.416 e. The standard InChI is InChI=1S/C19H11ClF3N3O2S/c1-9-3-2-6-26-15(9)25-17-11(18(26)28)8-14(29-17)16(27)24-13-7-10(19(21,22)23)4-5-12(13)20/h2-8H,1H3,(H,24,27). The van der Waals surface area contributed by atoms with Crippen LogP contribution in [0.3, 0.4) is 0 Å². The first kappa shape index (κ1) is 19.4. The molecular weight excluding hydrogens is 427 g/mol. The second-order valence-corrected chi connectivity index (χ2v) is 7.72. The third kappa shape index (κ3) is 3.47. The molecule has 10 heteroatoms. The van der Waals surface area contributed by atoms with Crippen LogP contribution in [0.5, 0.6) is 0 Å². The Morgan fingerprint density at radius 1 is 1.24 bits per heavy atom. The van der Waals surface area contributed by atoms with Gasteiger partial charge in [0.05, 0.1) is 26.5 Å². The monoisotopic (exact) mass is 437 g/mol. The van der Waals surface area contributed by atoms with E-state index in [1.54, 1.807) is 12.3 Å². The van der Waals surface area contributed by atoms with E-state index in [-0.39, 0.29) is 26.5 Å². The van der Waals surface area contributed by atoms with Gasteiger partial charge in [-0.15, -0.1) is 11.3 Å². The number of pyridine rings is 1. The lowest BCUT2D eigenvalue weighted by molar-refractivity contribution is -0.137. The highest BCUT2D eigenvalue weighted by Gasteiger charge is 2.31. The van der Waals surface area contributed by atoms with Crippen molar-refractivity contribution in [1.29, 1.82) is 0 Å². The Hall–Kier alpha value is -2.91. The van der Waals surface area contributed by atoms with Gasteiger partial charge in [-0.25, -0.2) is 4.98 Å². The molecule has 0 aliphatic rings. The topological polar surface area (TPSA) is 63.5 Å². The molecule has 1 amide bonds. The summed E-state index contributed by atoms with van der Waals surface area (Å²) in [7, 11) is 0. The van der Waals surface area contributed by atoms with Gasteiger partial charge in [0.25, 0.3) is 11.5 Å². The van der Waals surface area contributed by atoms with E-state index in [2.05, 4.69) is 10.3 Å². The van der Waals surface area contributed by atoms with Crippen LogP contribution in [0.1, 0.15) is 20.8 Å². The minimum Gasteiger partial charge on any atom is -0.320 e. The van der Waals surface area contributed by atoms with Gasteiger partial charge in [-0.1, -0.05) is 17.7 Å². The summed E-state index contributed by atoms with van der Waals surface area (Å²) in [6.45, 7) is 1.81. The number of aromatic nitrogens is 2. The molecule has 148 valence electrons. The number of carbonyl (C=O) groups is 1. The minimum absolute atomic E-state index is 0.0352. The first-order chi connectivity index (χ1) is 13.6. The van der Waals surface area contributed by atoms with E-state index in [0.29, 0.717) is 10.5 Å². The summed E-state index contributed by atoms with van der Waals surface area (Å²) in [5, 5.41) is 2.59. The van der Waals surface area contributed by atoms with Gasteiger partial charge in [0, 0.05) is 6.20 Å². The normalized spacial score (nSPS) is 11.9. The van der Waals surface area contributed by atoms with Crippen molar-refractivity contribution in [2.75, 3.05) is 5.32 Å². The third-order valence-corrected chi connectivity index (χ3v) is 5.65. The number of halogens is 4. The lowest BCUT2D eigenvalue weighted by atomic mass is 10.2. The second kappa shape index (κ2) is 6.85. The third-order valence-electron chi connectivity index (χ3n) is 4.30. The molecule has 0 unspecified atom stereocenters. The van der Waals surface area contributed by atoms with Gasteiger partial charge >= 0.3 is 6.18 Å². The number of benzene rings is 1. The number of anilines is 1. The van der Waals surface area contributed by atoms with E-state index in [1.165, 1.54) is 10.5 Å². The van der Waals surface area contributed by atoms with Crippen molar-refractivity contribution in [2.24, 2.45) is 0 Å². The Balaban J connectivity index is 1.75. The van der Waals surface area contributed by atoms with E-state index in [9.17, 15) is 22.8 Å². The molecule has 0 radical (unpaired) electrons. The number of nitrogens with zero attached hydrogens (tertiary/aromatic N) is 2. The van der Waals surface area contributed by atoms with Crippen LogP contribution in [0, 0.1) is 6.92 Å². The molecule has 0 aliphatic heterocycles. The lowest BCUT2D eigenvalue weighted by Gasteiger charge is -2.11. The predicted molar refractivity (Wildman–Crippen MR) is 106 cm³/mol. The van der Waals surface area contributed by atoms with Crippen LogP contribution < -0.4 is 10.9 Å². The smallest absolute Gasteiger partial charge is 0.320 e. The quantitative estimate of drug-likeness (QED) is 0.472. The van der Waals surface area contributed by atoms with Gasteiger partial charge in [0.1, 0.15) is 10.5 Å². The Morgan fingerprint density at radius 2 is 2.00 bits per heavy atom. The van der Waals surface area contributed by atoms with E-state index >= 15 is 0 Å². The molecule has 0 atom stereocenters. The first-order valence-electron chi connectivity index (χ1n) is 8.25. The maximum Gasteiger partial charge on any atom is 0.416 e. The summed E-state index contributed by atoms with van der Waals surface area (Å²) in [6.07, 6.45) is -2.99. The molecule has 0 saturated carbocycles. The van der Waals surface area contributed by atoms with Crippen LogP contribution in [-0.2, 0) is 6.18 Å². The average molecular weight is 438 g/mol. The molecule has 4 rings (SSSR count). The fraction of sp³-hybridized carbons (Fsp3) is 0.105. The number of nitrogens with one attached hydrogen (secondary N) is 1. The van der Waals surface area contributed by atoms with Crippen LogP contribution >= 0.6 is 22.9 Å². The van der Waals surface area contributed by atoms with Crippen molar-refractivity contribution in [2.45, 2.75) is 13.1 Å². The molecule has 1 N–H and O–H groups in total. The predicted octanol–water partition coefficient (Wildman–Crippen LogP) is 5.14. The van der Waals surface area contributed by atoms with Crippen LogP contribution in [0.2, 0.25) is 5.02 Å². The van der Waals surface area contributed by atoms with Crippen molar-refractivity contribution in [1.82, 2.24) is 9.38 Å². The average Bonchev–Trinajstić information content (AvgIpc) is 3.08. The molecular formula is C19H11ClF3N3O2S. The highest BCUT2D eigenvalue weighted by Crippen LogP contribution is 2.34. The molecule has 1 aromatic carbocycles.